The van der Waals surface area contributed by atoms with Gasteiger partial charge in [0.1, 0.15) is 0 Å². The van der Waals surface area contributed by atoms with Crippen molar-refractivity contribution in [3.8, 4) is 0 Å². The minimum atomic E-state index is -0.264. The number of rotatable bonds is 5. The van der Waals surface area contributed by atoms with Crippen molar-refractivity contribution in [1.82, 2.24) is 15.0 Å². The smallest absolute Gasteiger partial charge is 0.229 e. The maximum absolute atomic E-state index is 9.24. The summed E-state index contributed by atoms with van der Waals surface area (Å²) in [4.78, 5) is 6.38. The molecule has 1 aliphatic rings. The van der Waals surface area contributed by atoms with Crippen LogP contribution in [0, 0.1) is 0 Å². The molecule has 0 unspecified atom stereocenters. The second-order valence-corrected chi connectivity index (χ2v) is 5.15. The maximum Gasteiger partial charge on any atom is 0.229 e. The van der Waals surface area contributed by atoms with Gasteiger partial charge in [0.2, 0.25) is 5.89 Å². The highest BCUT2D eigenvalue weighted by Gasteiger charge is 2.30. The van der Waals surface area contributed by atoms with E-state index in [1.54, 1.807) is 0 Å². The molecule has 90 valence electrons. The van der Waals surface area contributed by atoms with Crippen LogP contribution in [0.5, 0.6) is 0 Å². The molecule has 1 heterocycles. The van der Waals surface area contributed by atoms with Crippen LogP contribution in [0.15, 0.2) is 4.52 Å². The van der Waals surface area contributed by atoms with Crippen molar-refractivity contribution in [3.63, 3.8) is 0 Å². The molecular weight excluding hydrogens is 206 g/mol. The molecule has 1 N–H and O–H groups in total. The van der Waals surface area contributed by atoms with Crippen molar-refractivity contribution in [2.45, 2.75) is 44.7 Å². The Morgan fingerprint density at radius 2 is 2.19 bits per heavy atom. The number of likely N-dealkylation sites (N-methyl/N-ethyl adjacent to an activating group) is 1. The van der Waals surface area contributed by atoms with Gasteiger partial charge in [0.05, 0.1) is 13.2 Å². The lowest BCUT2D eigenvalue weighted by atomic mass is 10.1. The summed E-state index contributed by atoms with van der Waals surface area (Å²) in [6.07, 6.45) is 2.33. The lowest BCUT2D eigenvalue weighted by Gasteiger charge is -2.32. The van der Waals surface area contributed by atoms with Crippen LogP contribution in [0.25, 0.3) is 0 Å². The zero-order valence-electron chi connectivity index (χ0n) is 10.1. The molecule has 1 saturated carbocycles. The zero-order valence-corrected chi connectivity index (χ0v) is 10.1. The third kappa shape index (κ3) is 2.41. The van der Waals surface area contributed by atoms with Crippen LogP contribution < -0.4 is 0 Å². The minimum Gasteiger partial charge on any atom is -0.394 e. The van der Waals surface area contributed by atoms with Gasteiger partial charge < -0.3 is 9.63 Å². The van der Waals surface area contributed by atoms with Crippen molar-refractivity contribution in [2.75, 3.05) is 13.7 Å². The van der Waals surface area contributed by atoms with Gasteiger partial charge in [0.15, 0.2) is 5.82 Å². The summed E-state index contributed by atoms with van der Waals surface area (Å²) in [5.41, 5.74) is -0.264. The van der Waals surface area contributed by atoms with Gasteiger partial charge in [-0.1, -0.05) is 5.16 Å². The summed E-state index contributed by atoms with van der Waals surface area (Å²) >= 11 is 0. The normalized spacial score (nSPS) is 17.1. The first-order valence-corrected chi connectivity index (χ1v) is 5.67. The summed E-state index contributed by atoms with van der Waals surface area (Å²) in [5.74, 6) is 1.97. The van der Waals surface area contributed by atoms with Crippen LogP contribution >= 0.6 is 0 Å². The number of aliphatic hydroxyl groups excluding tert-OH is 1. The summed E-state index contributed by atoms with van der Waals surface area (Å²) in [6, 6.07) is 0. The van der Waals surface area contributed by atoms with Gasteiger partial charge in [-0.15, -0.1) is 0 Å². The summed E-state index contributed by atoms with van der Waals surface area (Å²) in [5, 5.41) is 13.2. The Labute approximate surface area is 95.4 Å². The molecule has 0 bridgehead atoms. The Morgan fingerprint density at radius 3 is 2.75 bits per heavy atom. The maximum atomic E-state index is 9.24. The molecule has 1 aromatic rings. The van der Waals surface area contributed by atoms with Crippen LogP contribution in [-0.2, 0) is 6.54 Å². The lowest BCUT2D eigenvalue weighted by molar-refractivity contribution is 0.0708. The van der Waals surface area contributed by atoms with Gasteiger partial charge in [-0.2, -0.15) is 4.98 Å². The Hall–Kier alpha value is -0.940. The standard InChI is InChI=1S/C11H19N3O2/c1-11(2,7-15)14(3)6-9-12-10(16-13-9)8-4-5-8/h8,15H,4-7H2,1-3H3. The third-order valence-electron chi connectivity index (χ3n) is 3.21. The molecule has 5 heteroatoms. The van der Waals surface area contributed by atoms with Gasteiger partial charge >= 0.3 is 0 Å². The van der Waals surface area contributed by atoms with Gasteiger partial charge in [0, 0.05) is 11.5 Å². The van der Waals surface area contributed by atoms with Crippen LogP contribution in [0.3, 0.4) is 0 Å². The zero-order chi connectivity index (χ0) is 11.8. The monoisotopic (exact) mass is 225 g/mol. The summed E-state index contributed by atoms with van der Waals surface area (Å²) < 4.78 is 5.19. The fraction of sp³-hybridized carbons (Fsp3) is 0.818. The third-order valence-corrected chi connectivity index (χ3v) is 3.21. The second kappa shape index (κ2) is 4.14. The van der Waals surface area contributed by atoms with Crippen LogP contribution in [-0.4, -0.2) is 39.3 Å². The highest BCUT2D eigenvalue weighted by atomic mass is 16.5. The number of hydrogen-bond acceptors (Lipinski definition) is 5. The molecule has 1 aromatic heterocycles. The van der Waals surface area contributed by atoms with Crippen LogP contribution in [0.1, 0.15) is 44.3 Å². The average molecular weight is 225 g/mol. The van der Waals surface area contributed by atoms with E-state index < -0.39 is 0 Å². The van der Waals surface area contributed by atoms with Crippen molar-refractivity contribution < 1.29 is 9.63 Å². The van der Waals surface area contributed by atoms with E-state index in [4.69, 9.17) is 4.52 Å². The predicted molar refractivity (Wildman–Crippen MR) is 58.9 cm³/mol. The van der Waals surface area contributed by atoms with E-state index in [0.717, 1.165) is 5.89 Å². The number of nitrogens with zero attached hydrogens (tertiary/aromatic N) is 3. The molecule has 0 aliphatic heterocycles. The van der Waals surface area contributed by atoms with E-state index in [-0.39, 0.29) is 12.1 Å². The Balaban J connectivity index is 1.97. The van der Waals surface area contributed by atoms with Gasteiger partial charge in [0.25, 0.3) is 0 Å². The quantitative estimate of drug-likeness (QED) is 0.814. The van der Waals surface area contributed by atoms with E-state index in [1.807, 2.05) is 25.8 Å². The fourth-order valence-electron chi connectivity index (χ4n) is 1.37. The topological polar surface area (TPSA) is 62.4 Å². The molecule has 0 saturated heterocycles. The first-order chi connectivity index (χ1) is 7.53. The molecule has 0 aromatic carbocycles. The minimum absolute atomic E-state index is 0.108. The van der Waals surface area contributed by atoms with E-state index in [2.05, 4.69) is 10.1 Å². The van der Waals surface area contributed by atoms with Crippen LogP contribution in [0.2, 0.25) is 0 Å². The molecule has 1 fully saturated rings. The average Bonchev–Trinajstić information content (AvgIpc) is 3.00. The highest BCUT2D eigenvalue weighted by molar-refractivity contribution is 5.01. The molecule has 1 aliphatic carbocycles. The first kappa shape index (κ1) is 11.5. The molecule has 16 heavy (non-hydrogen) atoms. The van der Waals surface area contributed by atoms with E-state index in [9.17, 15) is 5.11 Å². The Morgan fingerprint density at radius 1 is 1.50 bits per heavy atom. The molecule has 0 spiro atoms. The molecule has 0 atom stereocenters. The SMILES string of the molecule is CN(Cc1noc(C2CC2)n1)C(C)(C)CO. The van der Waals surface area contributed by atoms with Gasteiger partial charge in [-0.25, -0.2) is 0 Å². The number of aliphatic hydroxyl groups is 1. The predicted octanol–water partition coefficient (Wildman–Crippen LogP) is 1.15. The van der Waals surface area contributed by atoms with Crippen molar-refractivity contribution in [3.05, 3.63) is 11.7 Å². The summed E-state index contributed by atoms with van der Waals surface area (Å²) in [7, 11) is 1.95. The lowest BCUT2D eigenvalue weighted by Crippen LogP contribution is -2.43. The van der Waals surface area contributed by atoms with E-state index in [1.165, 1.54) is 12.8 Å². The van der Waals surface area contributed by atoms with Gasteiger partial charge in [-0.3, -0.25) is 4.90 Å². The highest BCUT2D eigenvalue weighted by Crippen LogP contribution is 2.38. The Kier molecular flexibility index (Phi) is 2.99. The van der Waals surface area contributed by atoms with Crippen molar-refractivity contribution in [2.24, 2.45) is 0 Å². The van der Waals surface area contributed by atoms with Crippen molar-refractivity contribution in [1.29, 1.82) is 0 Å². The largest absolute Gasteiger partial charge is 0.394 e. The van der Waals surface area contributed by atoms with Gasteiger partial charge in [-0.05, 0) is 33.7 Å². The fourth-order valence-corrected chi connectivity index (χ4v) is 1.37. The second-order valence-electron chi connectivity index (χ2n) is 5.15. The van der Waals surface area contributed by atoms with Crippen molar-refractivity contribution >= 4 is 0 Å². The Bertz CT molecular complexity index is 358. The molecule has 0 radical (unpaired) electrons. The molecule has 2 rings (SSSR count). The van der Waals surface area contributed by atoms with E-state index >= 15 is 0 Å². The molecule has 0 amide bonds. The van der Waals surface area contributed by atoms with Crippen LogP contribution in [0.4, 0.5) is 0 Å². The molecule has 5 nitrogen and oxygen atoms in total. The van der Waals surface area contributed by atoms with E-state index in [0.29, 0.717) is 18.3 Å². The summed E-state index contributed by atoms with van der Waals surface area (Å²) in [6.45, 7) is 4.67. The molecular formula is C11H19N3O2. The number of hydrogen-bond donors (Lipinski definition) is 1. The number of aromatic nitrogens is 2. The first-order valence-electron chi connectivity index (χ1n) is 5.67.